The molecule has 28 heavy (non-hydrogen) atoms. The lowest BCUT2D eigenvalue weighted by Crippen LogP contribution is -2.39. The average molecular weight is 401 g/mol. The van der Waals surface area contributed by atoms with Crippen molar-refractivity contribution in [1.29, 1.82) is 0 Å². The molecule has 0 N–H and O–H groups in total. The molecule has 1 aliphatic rings. The van der Waals surface area contributed by atoms with Crippen molar-refractivity contribution >= 4 is 10.0 Å². The van der Waals surface area contributed by atoms with Crippen LogP contribution in [-0.4, -0.2) is 36.0 Å². The maximum absolute atomic E-state index is 13.5. The Labute approximate surface area is 163 Å². The third kappa shape index (κ3) is 3.70. The molecule has 2 heterocycles. The molecule has 0 spiro atoms. The van der Waals surface area contributed by atoms with E-state index in [0.717, 1.165) is 23.6 Å². The molecule has 1 aliphatic heterocycles. The number of sulfonamides is 1. The lowest BCUT2D eigenvalue weighted by Gasteiger charge is -2.30. The second-order valence-corrected chi connectivity index (χ2v) is 8.92. The summed E-state index contributed by atoms with van der Waals surface area (Å²) in [6.45, 7) is 2.61. The van der Waals surface area contributed by atoms with Gasteiger partial charge in [0.1, 0.15) is 5.82 Å². The second kappa shape index (κ2) is 7.44. The monoisotopic (exact) mass is 401 g/mol. The summed E-state index contributed by atoms with van der Waals surface area (Å²) < 4.78 is 46.0. The van der Waals surface area contributed by atoms with Crippen LogP contribution >= 0.6 is 0 Å². The quantitative estimate of drug-likeness (QED) is 0.665. The standard InChI is InChI=1S/C20H20FN3O3S/c1-14-7-9-15(10-8-14)19-22-20(27-23-19)16-4-3-11-24(13-16)28(25,26)18-6-2-5-17(21)12-18/h2,5-10,12,16H,3-4,11,13H2,1H3. The first-order valence-corrected chi connectivity index (χ1v) is 10.5. The molecule has 0 bridgehead atoms. The Kier molecular flexibility index (Phi) is 4.99. The van der Waals surface area contributed by atoms with E-state index in [0.29, 0.717) is 24.7 Å². The Morgan fingerprint density at radius 3 is 2.71 bits per heavy atom. The summed E-state index contributed by atoms with van der Waals surface area (Å²) in [6, 6.07) is 12.9. The topological polar surface area (TPSA) is 76.3 Å². The Morgan fingerprint density at radius 1 is 1.18 bits per heavy atom. The van der Waals surface area contributed by atoms with Gasteiger partial charge in [0.2, 0.25) is 21.7 Å². The first-order valence-electron chi connectivity index (χ1n) is 9.10. The number of halogens is 1. The van der Waals surface area contributed by atoms with E-state index in [-0.39, 0.29) is 17.4 Å². The molecule has 146 valence electrons. The largest absolute Gasteiger partial charge is 0.339 e. The van der Waals surface area contributed by atoms with Gasteiger partial charge in [-0.15, -0.1) is 0 Å². The maximum Gasteiger partial charge on any atom is 0.243 e. The summed E-state index contributed by atoms with van der Waals surface area (Å²) in [5.74, 6) is 0.146. The number of piperidine rings is 1. The Balaban J connectivity index is 1.55. The van der Waals surface area contributed by atoms with Gasteiger partial charge < -0.3 is 4.52 Å². The second-order valence-electron chi connectivity index (χ2n) is 6.98. The molecule has 1 saturated heterocycles. The van der Waals surface area contributed by atoms with Crippen molar-refractivity contribution in [2.75, 3.05) is 13.1 Å². The number of nitrogens with zero attached hydrogens (tertiary/aromatic N) is 3. The lowest BCUT2D eigenvalue weighted by molar-refractivity contribution is 0.265. The molecule has 1 unspecified atom stereocenters. The van der Waals surface area contributed by atoms with E-state index < -0.39 is 15.8 Å². The van der Waals surface area contributed by atoms with Crippen LogP contribution in [0.15, 0.2) is 57.9 Å². The van der Waals surface area contributed by atoms with E-state index in [4.69, 9.17) is 4.52 Å². The number of aromatic nitrogens is 2. The van der Waals surface area contributed by atoms with Gasteiger partial charge >= 0.3 is 0 Å². The first-order chi connectivity index (χ1) is 13.4. The zero-order valence-corrected chi connectivity index (χ0v) is 16.2. The summed E-state index contributed by atoms with van der Waals surface area (Å²) in [6.07, 6.45) is 1.42. The molecule has 0 amide bonds. The summed E-state index contributed by atoms with van der Waals surface area (Å²) in [5.41, 5.74) is 1.98. The highest BCUT2D eigenvalue weighted by Gasteiger charge is 2.33. The van der Waals surface area contributed by atoms with Gasteiger partial charge in [0.25, 0.3) is 0 Å². The summed E-state index contributed by atoms with van der Waals surface area (Å²) >= 11 is 0. The summed E-state index contributed by atoms with van der Waals surface area (Å²) in [7, 11) is -3.77. The van der Waals surface area contributed by atoms with Gasteiger partial charge in [-0.2, -0.15) is 9.29 Å². The van der Waals surface area contributed by atoms with Gasteiger partial charge in [0.05, 0.1) is 10.8 Å². The van der Waals surface area contributed by atoms with Crippen molar-refractivity contribution in [3.05, 3.63) is 65.8 Å². The van der Waals surface area contributed by atoms with Crippen LogP contribution in [0, 0.1) is 12.7 Å². The number of benzene rings is 2. The van der Waals surface area contributed by atoms with E-state index in [1.165, 1.54) is 22.5 Å². The molecule has 0 saturated carbocycles. The van der Waals surface area contributed by atoms with Gasteiger partial charge in [-0.3, -0.25) is 0 Å². The van der Waals surface area contributed by atoms with E-state index >= 15 is 0 Å². The van der Waals surface area contributed by atoms with Crippen LogP contribution in [0.2, 0.25) is 0 Å². The highest BCUT2D eigenvalue weighted by atomic mass is 32.2. The Morgan fingerprint density at radius 2 is 1.96 bits per heavy atom. The van der Waals surface area contributed by atoms with E-state index in [1.54, 1.807) is 0 Å². The molecular formula is C20H20FN3O3S. The lowest BCUT2D eigenvalue weighted by atomic mass is 10.00. The molecular weight excluding hydrogens is 381 g/mol. The van der Waals surface area contributed by atoms with Gasteiger partial charge in [-0.25, -0.2) is 12.8 Å². The fourth-order valence-corrected chi connectivity index (χ4v) is 4.92. The molecule has 0 aliphatic carbocycles. The number of hydrogen-bond acceptors (Lipinski definition) is 5. The average Bonchev–Trinajstić information content (AvgIpc) is 3.19. The molecule has 1 atom stereocenters. The molecule has 2 aromatic carbocycles. The molecule has 1 aromatic heterocycles. The van der Waals surface area contributed by atoms with Gasteiger partial charge in [-0.05, 0) is 38.0 Å². The fourth-order valence-electron chi connectivity index (χ4n) is 3.36. The molecule has 8 heteroatoms. The Hall–Kier alpha value is -2.58. The van der Waals surface area contributed by atoms with Crippen LogP contribution in [-0.2, 0) is 10.0 Å². The number of rotatable bonds is 4. The van der Waals surface area contributed by atoms with Crippen molar-refractivity contribution in [1.82, 2.24) is 14.4 Å². The SMILES string of the molecule is Cc1ccc(-c2noc(C3CCCN(S(=O)(=O)c4cccc(F)c4)C3)n2)cc1. The zero-order chi connectivity index (χ0) is 19.7. The third-order valence-electron chi connectivity index (χ3n) is 4.92. The molecule has 0 radical (unpaired) electrons. The van der Waals surface area contributed by atoms with Crippen LogP contribution in [0.1, 0.15) is 30.2 Å². The zero-order valence-electron chi connectivity index (χ0n) is 15.4. The van der Waals surface area contributed by atoms with Gasteiger partial charge in [0, 0.05) is 18.7 Å². The molecule has 6 nitrogen and oxygen atoms in total. The van der Waals surface area contributed by atoms with Crippen LogP contribution in [0.25, 0.3) is 11.4 Å². The molecule has 4 rings (SSSR count). The van der Waals surface area contributed by atoms with Crippen LogP contribution in [0.4, 0.5) is 4.39 Å². The normalized spacial score (nSPS) is 18.3. The predicted molar refractivity (Wildman–Crippen MR) is 102 cm³/mol. The highest BCUT2D eigenvalue weighted by molar-refractivity contribution is 7.89. The van der Waals surface area contributed by atoms with E-state index in [2.05, 4.69) is 10.1 Å². The Bertz CT molecular complexity index is 1080. The summed E-state index contributed by atoms with van der Waals surface area (Å²) in [5, 5.41) is 4.04. The summed E-state index contributed by atoms with van der Waals surface area (Å²) in [4.78, 5) is 4.44. The molecule has 3 aromatic rings. The van der Waals surface area contributed by atoms with Crippen molar-refractivity contribution < 1.29 is 17.3 Å². The van der Waals surface area contributed by atoms with Crippen LogP contribution in [0.3, 0.4) is 0 Å². The van der Waals surface area contributed by atoms with Crippen LogP contribution < -0.4 is 0 Å². The first kappa shape index (κ1) is 18.8. The fraction of sp³-hybridized carbons (Fsp3) is 0.300. The predicted octanol–water partition coefficient (Wildman–Crippen LogP) is 3.75. The van der Waals surface area contributed by atoms with Gasteiger partial charge in [-0.1, -0.05) is 41.1 Å². The number of hydrogen-bond donors (Lipinski definition) is 0. The highest BCUT2D eigenvalue weighted by Crippen LogP contribution is 2.30. The molecule has 1 fully saturated rings. The van der Waals surface area contributed by atoms with Crippen molar-refractivity contribution in [2.45, 2.75) is 30.6 Å². The van der Waals surface area contributed by atoms with Gasteiger partial charge in [0.15, 0.2) is 0 Å². The maximum atomic E-state index is 13.5. The third-order valence-corrected chi connectivity index (χ3v) is 6.78. The van der Waals surface area contributed by atoms with Crippen molar-refractivity contribution in [3.63, 3.8) is 0 Å². The smallest absolute Gasteiger partial charge is 0.243 e. The minimum Gasteiger partial charge on any atom is -0.339 e. The van der Waals surface area contributed by atoms with Crippen molar-refractivity contribution in [3.8, 4) is 11.4 Å². The van der Waals surface area contributed by atoms with Crippen LogP contribution in [0.5, 0.6) is 0 Å². The van der Waals surface area contributed by atoms with Crippen molar-refractivity contribution in [2.24, 2.45) is 0 Å². The number of aryl methyl sites for hydroxylation is 1. The minimum absolute atomic E-state index is 0.0426. The minimum atomic E-state index is -3.77. The van der Waals surface area contributed by atoms with E-state index in [1.807, 2.05) is 31.2 Å². The van der Waals surface area contributed by atoms with E-state index in [9.17, 15) is 12.8 Å².